The fraction of sp³-hybridized carbons (Fsp3) is 0.500. The topological polar surface area (TPSA) is 54.9 Å². The van der Waals surface area contributed by atoms with Crippen LogP contribution in [-0.2, 0) is 4.79 Å². The summed E-state index contributed by atoms with van der Waals surface area (Å²) in [7, 11) is 0. The summed E-state index contributed by atoms with van der Waals surface area (Å²) in [4.78, 5) is 19.7. The molecule has 1 aromatic heterocycles. The summed E-state index contributed by atoms with van der Waals surface area (Å²) in [5.41, 5.74) is 0. The first kappa shape index (κ1) is 12.9. The van der Waals surface area contributed by atoms with Gasteiger partial charge in [0, 0.05) is 6.07 Å². The third kappa shape index (κ3) is 3.03. The van der Waals surface area contributed by atoms with Crippen molar-refractivity contribution >= 4 is 46.7 Å². The third-order valence-electron chi connectivity index (χ3n) is 2.61. The highest BCUT2D eigenvalue weighted by Crippen LogP contribution is 2.38. The molecule has 0 aromatic carbocycles. The van der Waals surface area contributed by atoms with Gasteiger partial charge in [0.05, 0.1) is 4.75 Å². The molecule has 0 spiro atoms. The molecule has 1 saturated heterocycles. The average molecular weight is 292 g/mol. The molecule has 1 atom stereocenters. The zero-order valence-corrected chi connectivity index (χ0v) is 11.5. The van der Waals surface area contributed by atoms with Gasteiger partial charge in [-0.05, 0) is 37.1 Å². The number of halogens is 2. The Hall–Kier alpha value is -0.520. The summed E-state index contributed by atoms with van der Waals surface area (Å²) in [5, 5.41) is 2.96. The molecule has 0 radical (unpaired) electrons. The van der Waals surface area contributed by atoms with Crippen LogP contribution < -0.4 is 5.32 Å². The fourth-order valence-electron chi connectivity index (χ4n) is 1.66. The minimum Gasteiger partial charge on any atom is -0.309 e. The minimum absolute atomic E-state index is 0.0250. The van der Waals surface area contributed by atoms with Crippen LogP contribution in [0, 0.1) is 0 Å². The molecule has 1 aliphatic rings. The van der Waals surface area contributed by atoms with Gasteiger partial charge in [0.2, 0.25) is 11.2 Å². The van der Waals surface area contributed by atoms with Crippen LogP contribution in [-0.4, -0.2) is 26.4 Å². The second-order valence-electron chi connectivity index (χ2n) is 3.98. The number of nitrogens with one attached hydrogen (secondary N) is 1. The van der Waals surface area contributed by atoms with E-state index in [-0.39, 0.29) is 21.1 Å². The number of nitrogens with zero attached hydrogens (tertiary/aromatic N) is 2. The number of hydrogen-bond acceptors (Lipinski definition) is 4. The van der Waals surface area contributed by atoms with Gasteiger partial charge in [-0.15, -0.1) is 11.8 Å². The average Bonchev–Trinajstić information content (AvgIpc) is 2.64. The third-order valence-corrected chi connectivity index (χ3v) is 4.49. The van der Waals surface area contributed by atoms with Crippen molar-refractivity contribution in [1.82, 2.24) is 9.97 Å². The van der Waals surface area contributed by atoms with Crippen LogP contribution in [0.5, 0.6) is 0 Å². The second-order valence-corrected chi connectivity index (χ2v) is 6.31. The van der Waals surface area contributed by atoms with Crippen LogP contribution in [0.2, 0.25) is 10.4 Å². The van der Waals surface area contributed by atoms with Crippen LogP contribution in [0.25, 0.3) is 0 Å². The molecular formula is C10H11Cl2N3OS. The predicted molar refractivity (Wildman–Crippen MR) is 70.8 cm³/mol. The lowest BCUT2D eigenvalue weighted by Crippen LogP contribution is -2.34. The summed E-state index contributed by atoms with van der Waals surface area (Å²) in [6, 6.07) is 1.48. The zero-order valence-electron chi connectivity index (χ0n) is 9.17. The van der Waals surface area contributed by atoms with Crippen molar-refractivity contribution in [2.45, 2.75) is 24.5 Å². The monoisotopic (exact) mass is 291 g/mol. The first-order valence-electron chi connectivity index (χ1n) is 5.15. The number of anilines is 1. The number of hydrogen-bond donors (Lipinski definition) is 1. The maximum Gasteiger partial charge on any atom is 0.241 e. The van der Waals surface area contributed by atoms with E-state index in [0.29, 0.717) is 5.82 Å². The van der Waals surface area contributed by atoms with E-state index in [2.05, 4.69) is 15.3 Å². The van der Waals surface area contributed by atoms with Gasteiger partial charge in [-0.25, -0.2) is 9.97 Å². The standard InChI is InChI=1S/C10H11Cl2N3OS/c1-10(3-2-4-17-10)8(16)14-7-5-6(11)13-9(12)15-7/h5H,2-4H2,1H3,(H,13,14,15,16). The molecule has 1 aromatic rings. The molecule has 0 saturated carbocycles. The maximum absolute atomic E-state index is 12.1. The summed E-state index contributed by atoms with van der Waals surface area (Å²) < 4.78 is -0.385. The van der Waals surface area contributed by atoms with Crippen LogP contribution in [0.3, 0.4) is 0 Å². The molecule has 1 N–H and O–H groups in total. The molecule has 1 fully saturated rings. The van der Waals surface area contributed by atoms with E-state index in [1.807, 2.05) is 6.92 Å². The molecule has 4 nitrogen and oxygen atoms in total. The van der Waals surface area contributed by atoms with Gasteiger partial charge in [0.25, 0.3) is 0 Å². The van der Waals surface area contributed by atoms with Crippen molar-refractivity contribution in [1.29, 1.82) is 0 Å². The van der Waals surface area contributed by atoms with E-state index in [1.165, 1.54) is 6.07 Å². The smallest absolute Gasteiger partial charge is 0.241 e. The fourth-order valence-corrected chi connectivity index (χ4v) is 3.28. The highest BCUT2D eigenvalue weighted by molar-refractivity contribution is 8.01. The molecule has 7 heteroatoms. The zero-order chi connectivity index (χ0) is 12.5. The van der Waals surface area contributed by atoms with Gasteiger partial charge in [0.1, 0.15) is 11.0 Å². The van der Waals surface area contributed by atoms with E-state index >= 15 is 0 Å². The quantitative estimate of drug-likeness (QED) is 0.672. The Labute approximate surface area is 113 Å². The van der Waals surface area contributed by atoms with E-state index < -0.39 is 0 Å². The van der Waals surface area contributed by atoms with Crippen LogP contribution in [0.1, 0.15) is 19.8 Å². The normalized spacial score (nSPS) is 23.7. The molecule has 2 heterocycles. The first-order chi connectivity index (χ1) is 7.99. The van der Waals surface area contributed by atoms with Crippen LogP contribution in [0.15, 0.2) is 6.07 Å². The molecular weight excluding hydrogens is 281 g/mol. The molecule has 17 heavy (non-hydrogen) atoms. The predicted octanol–water partition coefficient (Wildman–Crippen LogP) is 3.01. The lowest BCUT2D eigenvalue weighted by molar-refractivity contribution is -0.118. The second kappa shape index (κ2) is 5.00. The van der Waals surface area contributed by atoms with Gasteiger partial charge in [-0.3, -0.25) is 4.79 Å². The molecule has 92 valence electrons. The minimum atomic E-state index is -0.385. The van der Waals surface area contributed by atoms with Crippen molar-refractivity contribution in [3.05, 3.63) is 16.5 Å². The highest BCUT2D eigenvalue weighted by atomic mass is 35.5. The van der Waals surface area contributed by atoms with Gasteiger partial charge in [-0.2, -0.15) is 0 Å². The number of thioether (sulfide) groups is 1. The Kier molecular flexibility index (Phi) is 3.80. The molecule has 0 bridgehead atoms. The van der Waals surface area contributed by atoms with Gasteiger partial charge in [0.15, 0.2) is 0 Å². The molecule has 1 aliphatic heterocycles. The molecule has 1 amide bonds. The Balaban J connectivity index is 2.12. The van der Waals surface area contributed by atoms with Crippen molar-refractivity contribution < 1.29 is 4.79 Å². The Morgan fingerprint density at radius 3 is 2.88 bits per heavy atom. The van der Waals surface area contributed by atoms with Crippen LogP contribution in [0.4, 0.5) is 5.82 Å². The number of rotatable bonds is 2. The first-order valence-corrected chi connectivity index (χ1v) is 6.89. The molecule has 2 rings (SSSR count). The Morgan fingerprint density at radius 1 is 1.53 bits per heavy atom. The summed E-state index contributed by atoms with van der Waals surface area (Å²) in [6.07, 6.45) is 1.93. The van der Waals surface area contributed by atoms with E-state index in [4.69, 9.17) is 23.2 Å². The van der Waals surface area contributed by atoms with Crippen molar-refractivity contribution in [2.75, 3.05) is 11.1 Å². The van der Waals surface area contributed by atoms with Gasteiger partial charge in [-0.1, -0.05) is 11.6 Å². The lowest BCUT2D eigenvalue weighted by Gasteiger charge is -2.20. The lowest BCUT2D eigenvalue weighted by atomic mass is 10.1. The van der Waals surface area contributed by atoms with Crippen molar-refractivity contribution in [3.8, 4) is 0 Å². The maximum atomic E-state index is 12.1. The summed E-state index contributed by atoms with van der Waals surface area (Å²) in [5.74, 6) is 1.29. The number of amides is 1. The highest BCUT2D eigenvalue weighted by Gasteiger charge is 2.37. The Bertz CT molecular complexity index is 429. The van der Waals surface area contributed by atoms with E-state index in [9.17, 15) is 4.79 Å². The van der Waals surface area contributed by atoms with Gasteiger partial charge < -0.3 is 5.32 Å². The van der Waals surface area contributed by atoms with Gasteiger partial charge >= 0.3 is 0 Å². The van der Waals surface area contributed by atoms with Crippen LogP contribution >= 0.6 is 35.0 Å². The SMILES string of the molecule is CC1(C(=O)Nc2cc(Cl)nc(Cl)n2)CCCS1. The van der Waals surface area contributed by atoms with E-state index in [0.717, 1.165) is 18.6 Å². The number of carbonyl (C=O) groups excluding carboxylic acids is 1. The number of aromatic nitrogens is 2. The van der Waals surface area contributed by atoms with Crippen molar-refractivity contribution in [3.63, 3.8) is 0 Å². The Morgan fingerprint density at radius 2 is 2.29 bits per heavy atom. The van der Waals surface area contributed by atoms with E-state index in [1.54, 1.807) is 11.8 Å². The number of carbonyl (C=O) groups is 1. The largest absolute Gasteiger partial charge is 0.309 e. The summed E-state index contributed by atoms with van der Waals surface area (Å²) in [6.45, 7) is 1.93. The van der Waals surface area contributed by atoms with Crippen molar-refractivity contribution in [2.24, 2.45) is 0 Å². The molecule has 1 unspecified atom stereocenters. The summed E-state index contributed by atoms with van der Waals surface area (Å²) >= 11 is 13.1. The molecule has 0 aliphatic carbocycles.